The van der Waals surface area contributed by atoms with E-state index >= 15 is 0 Å². The van der Waals surface area contributed by atoms with Gasteiger partial charge in [-0.25, -0.2) is 4.98 Å². The quantitative estimate of drug-likeness (QED) is 0.493. The fourth-order valence-electron chi connectivity index (χ4n) is 3.32. The molecule has 0 saturated heterocycles. The predicted molar refractivity (Wildman–Crippen MR) is 115 cm³/mol. The van der Waals surface area contributed by atoms with E-state index in [1.807, 2.05) is 49.5 Å². The highest BCUT2D eigenvalue weighted by atomic mass is 16.4. The summed E-state index contributed by atoms with van der Waals surface area (Å²) in [5, 5.41) is 8.45. The normalized spacial score (nSPS) is 10.7. The van der Waals surface area contributed by atoms with Gasteiger partial charge in [-0.15, -0.1) is 0 Å². The van der Waals surface area contributed by atoms with Gasteiger partial charge in [0.15, 0.2) is 0 Å². The van der Waals surface area contributed by atoms with Crippen molar-refractivity contribution in [2.24, 2.45) is 5.73 Å². The van der Waals surface area contributed by atoms with Crippen LogP contribution in [-0.4, -0.2) is 32.2 Å². The Kier molecular flexibility index (Phi) is 6.09. The molecule has 7 nitrogen and oxygen atoms in total. The molecule has 0 saturated carbocycles. The number of para-hydroxylation sites is 2. The molecule has 0 bridgehead atoms. The molecular weight excluding hydrogens is 368 g/mol. The van der Waals surface area contributed by atoms with E-state index in [0.29, 0.717) is 12.2 Å². The Morgan fingerprint density at radius 3 is 2.66 bits per heavy atom. The molecule has 150 valence electrons. The highest BCUT2D eigenvalue weighted by Gasteiger charge is 2.15. The number of aromatic amines is 1. The number of hydrogen-bond donors (Lipinski definition) is 3. The molecule has 0 aliphatic heterocycles. The van der Waals surface area contributed by atoms with Crippen molar-refractivity contribution in [3.8, 4) is 11.3 Å². The van der Waals surface area contributed by atoms with E-state index in [2.05, 4.69) is 20.6 Å². The van der Waals surface area contributed by atoms with E-state index in [9.17, 15) is 4.79 Å². The molecule has 4 N–H and O–H groups in total. The summed E-state index contributed by atoms with van der Waals surface area (Å²) in [5.41, 5.74) is 10.5. The number of aryl methyl sites for hydroxylation is 2. The number of H-pyrrole nitrogens is 1. The van der Waals surface area contributed by atoms with Gasteiger partial charge >= 0.3 is 0 Å². The highest BCUT2D eigenvalue weighted by molar-refractivity contribution is 5.96. The van der Waals surface area contributed by atoms with Crippen LogP contribution in [0.25, 0.3) is 33.2 Å². The molecule has 0 amide bonds. The number of aliphatic carboxylic acids is 1. The monoisotopic (exact) mass is 392 g/mol. The number of nitrogens with two attached hydrogens (primary N) is 1. The summed E-state index contributed by atoms with van der Waals surface area (Å²) in [6.07, 6.45) is 2.90. The molecule has 29 heavy (non-hydrogen) atoms. The molecule has 0 aliphatic rings. The van der Waals surface area contributed by atoms with Crippen LogP contribution in [-0.2, 0) is 11.3 Å². The minimum absolute atomic E-state index is 0.163. The molecular formula is C22H24N4O3. The number of fused-ring (bicyclic) bond motifs is 2. The summed E-state index contributed by atoms with van der Waals surface area (Å²) in [6, 6.07) is 13.9. The van der Waals surface area contributed by atoms with Crippen molar-refractivity contribution in [1.82, 2.24) is 14.5 Å². The van der Waals surface area contributed by atoms with Gasteiger partial charge in [-0.2, -0.15) is 0 Å². The first-order chi connectivity index (χ1) is 13.9. The van der Waals surface area contributed by atoms with Crippen molar-refractivity contribution in [1.29, 1.82) is 0 Å². The Balaban J connectivity index is 0.000000552. The van der Waals surface area contributed by atoms with Crippen molar-refractivity contribution in [3.63, 3.8) is 0 Å². The van der Waals surface area contributed by atoms with Gasteiger partial charge in [0.1, 0.15) is 5.69 Å². The van der Waals surface area contributed by atoms with Crippen molar-refractivity contribution in [2.75, 3.05) is 6.54 Å². The summed E-state index contributed by atoms with van der Waals surface area (Å²) in [4.78, 5) is 29.4. The standard InChI is InChI=1S/C20H20N4O.C2H4O2/c1-13-6-4-8-16-18(13)23-20(25)19(22-16)15-12-24(11-5-10-21)17-9-3-2-7-14(15)17;1-2(3)4/h2-4,6-9,12H,5,10-11,21H2,1H3,(H,23,25);1H3,(H,3,4). The fraction of sp³-hybridized carbons (Fsp3) is 0.227. The molecule has 2 aromatic carbocycles. The van der Waals surface area contributed by atoms with Crippen LogP contribution >= 0.6 is 0 Å². The summed E-state index contributed by atoms with van der Waals surface area (Å²) < 4.78 is 2.15. The van der Waals surface area contributed by atoms with Crippen molar-refractivity contribution in [3.05, 3.63) is 64.6 Å². The Morgan fingerprint density at radius 2 is 1.93 bits per heavy atom. The Bertz CT molecular complexity index is 1220. The average molecular weight is 392 g/mol. The van der Waals surface area contributed by atoms with Gasteiger partial charge in [-0.05, 0) is 37.6 Å². The summed E-state index contributed by atoms with van der Waals surface area (Å²) in [5.74, 6) is -0.833. The predicted octanol–water partition coefficient (Wildman–Crippen LogP) is 3.29. The van der Waals surface area contributed by atoms with Gasteiger partial charge in [0.25, 0.3) is 11.5 Å². The topological polar surface area (TPSA) is 114 Å². The maximum absolute atomic E-state index is 12.7. The van der Waals surface area contributed by atoms with E-state index in [0.717, 1.165) is 53.0 Å². The van der Waals surface area contributed by atoms with Crippen LogP contribution in [0.15, 0.2) is 53.5 Å². The van der Waals surface area contributed by atoms with Gasteiger partial charge in [0, 0.05) is 36.1 Å². The Labute approximate surface area is 167 Å². The van der Waals surface area contributed by atoms with Crippen LogP contribution in [0.3, 0.4) is 0 Å². The van der Waals surface area contributed by atoms with Gasteiger partial charge in [0.05, 0.1) is 11.0 Å². The van der Waals surface area contributed by atoms with E-state index in [-0.39, 0.29) is 5.56 Å². The number of aromatic nitrogens is 3. The van der Waals surface area contributed by atoms with Crippen LogP contribution < -0.4 is 11.3 Å². The summed E-state index contributed by atoms with van der Waals surface area (Å²) in [7, 11) is 0. The lowest BCUT2D eigenvalue weighted by molar-refractivity contribution is -0.134. The first kappa shape index (κ1) is 20.3. The van der Waals surface area contributed by atoms with Crippen molar-refractivity contribution in [2.45, 2.75) is 26.8 Å². The van der Waals surface area contributed by atoms with Crippen LogP contribution in [0, 0.1) is 6.92 Å². The first-order valence-corrected chi connectivity index (χ1v) is 9.40. The zero-order chi connectivity index (χ0) is 21.0. The Hall–Kier alpha value is -3.45. The van der Waals surface area contributed by atoms with E-state index in [1.165, 1.54) is 0 Å². The third kappa shape index (κ3) is 4.35. The van der Waals surface area contributed by atoms with Gasteiger partial charge in [0.2, 0.25) is 0 Å². The largest absolute Gasteiger partial charge is 0.481 e. The molecule has 4 aromatic rings. The van der Waals surface area contributed by atoms with Crippen LogP contribution in [0.1, 0.15) is 18.9 Å². The average Bonchev–Trinajstić information content (AvgIpc) is 3.05. The SMILES string of the molecule is CC(=O)O.Cc1cccc2nc(-c3cn(CCCN)c4ccccc34)c(=O)[nH]c12. The molecule has 0 fully saturated rings. The molecule has 0 atom stereocenters. The van der Waals surface area contributed by atoms with Gasteiger partial charge in [-0.3, -0.25) is 9.59 Å². The number of hydrogen-bond acceptors (Lipinski definition) is 4. The molecule has 0 radical (unpaired) electrons. The lowest BCUT2D eigenvalue weighted by atomic mass is 10.1. The third-order valence-corrected chi connectivity index (χ3v) is 4.58. The maximum atomic E-state index is 12.7. The van der Waals surface area contributed by atoms with Crippen LogP contribution in [0.4, 0.5) is 0 Å². The number of nitrogens with one attached hydrogen (secondary N) is 1. The highest BCUT2D eigenvalue weighted by Crippen LogP contribution is 2.28. The number of carboxylic acid groups (broad SMARTS) is 1. The smallest absolute Gasteiger partial charge is 0.300 e. The van der Waals surface area contributed by atoms with Gasteiger partial charge in [-0.1, -0.05) is 30.3 Å². The minimum Gasteiger partial charge on any atom is -0.481 e. The lowest BCUT2D eigenvalue weighted by Gasteiger charge is -2.04. The second kappa shape index (κ2) is 8.70. The zero-order valence-electron chi connectivity index (χ0n) is 16.5. The summed E-state index contributed by atoms with van der Waals surface area (Å²) in [6.45, 7) is 4.51. The van der Waals surface area contributed by atoms with E-state index in [1.54, 1.807) is 0 Å². The number of carbonyl (C=O) groups is 1. The molecule has 2 heterocycles. The minimum atomic E-state index is -0.833. The molecule has 0 unspecified atom stereocenters. The van der Waals surface area contributed by atoms with Crippen LogP contribution in [0.5, 0.6) is 0 Å². The molecule has 2 aromatic heterocycles. The van der Waals surface area contributed by atoms with Crippen LogP contribution in [0.2, 0.25) is 0 Å². The maximum Gasteiger partial charge on any atom is 0.300 e. The third-order valence-electron chi connectivity index (χ3n) is 4.58. The fourth-order valence-corrected chi connectivity index (χ4v) is 3.32. The first-order valence-electron chi connectivity index (χ1n) is 9.40. The molecule has 0 aliphatic carbocycles. The molecule has 0 spiro atoms. The van der Waals surface area contributed by atoms with Gasteiger partial charge < -0.3 is 20.4 Å². The lowest BCUT2D eigenvalue weighted by Crippen LogP contribution is -2.12. The van der Waals surface area contributed by atoms with E-state index < -0.39 is 5.97 Å². The number of benzene rings is 2. The van der Waals surface area contributed by atoms with Crippen molar-refractivity contribution < 1.29 is 9.90 Å². The summed E-state index contributed by atoms with van der Waals surface area (Å²) >= 11 is 0. The number of carboxylic acids is 1. The second-order valence-corrected chi connectivity index (χ2v) is 6.80. The van der Waals surface area contributed by atoms with E-state index in [4.69, 9.17) is 15.6 Å². The van der Waals surface area contributed by atoms with Crippen molar-refractivity contribution >= 4 is 27.9 Å². The zero-order valence-corrected chi connectivity index (χ0v) is 16.5. The molecule has 4 rings (SSSR count). The Morgan fingerprint density at radius 1 is 1.21 bits per heavy atom. The second-order valence-electron chi connectivity index (χ2n) is 6.80. The molecule has 7 heteroatoms. The number of nitrogens with zero attached hydrogens (tertiary/aromatic N) is 2. The number of rotatable bonds is 4.